The third kappa shape index (κ3) is 21.9. The van der Waals surface area contributed by atoms with Gasteiger partial charge in [0, 0.05) is 95.1 Å². The SMILES string of the molecule is CCO[C@@H]1C[C@H]2C(=O)NC3(CCC3)C(=O)N(C)[C@@H](C3CCCC3)C(=O)N(C)[C@H](C(=O)N(C)C)CC(=O)N(C)[C@@H](CC3CCCCC3)CN[C@@H]([C@@H](C)CC)C(=O)N(C)CC(=O)N(C)[C@H]3CCCCCN(C3=O)[C@@H](CC3CCC(C(F)(F)F)CC3)C(=O)N(C)CC(=O)N[C@@H](CCC3CC(F)C(C(F)(F)F)C(F)C3)C(=O)N2C1. The van der Waals surface area contributed by atoms with Crippen molar-refractivity contribution >= 4 is 65.0 Å². The van der Waals surface area contributed by atoms with E-state index in [-0.39, 0.29) is 102 Å². The van der Waals surface area contributed by atoms with Crippen molar-refractivity contribution in [1.29, 1.82) is 0 Å². The number of amides is 11. The minimum atomic E-state index is -5.21. The topological polar surface area (TPSA) is 262 Å². The molecule has 0 aromatic heterocycles. The maximum Gasteiger partial charge on any atom is 0.397 e. The third-order valence-corrected chi connectivity index (χ3v) is 25.9. The summed E-state index contributed by atoms with van der Waals surface area (Å²) in [5, 5.41) is 9.11. The summed E-state index contributed by atoms with van der Waals surface area (Å²) in [7, 11) is 11.7. The second-order valence-electron chi connectivity index (χ2n) is 33.7. The number of nitrogens with one attached hydrogen (secondary N) is 3. The molecule has 3 N–H and O–H groups in total. The molecule has 0 aromatic rings. The van der Waals surface area contributed by atoms with Crippen LogP contribution in [0.4, 0.5) is 35.1 Å². The van der Waals surface area contributed by atoms with Crippen molar-refractivity contribution < 1.29 is 92.6 Å². The summed E-state index contributed by atoms with van der Waals surface area (Å²) < 4.78 is 122. The number of halogens is 8. The molecule has 8 aliphatic rings. The largest absolute Gasteiger partial charge is 0.397 e. The minimum Gasteiger partial charge on any atom is -0.377 e. The van der Waals surface area contributed by atoms with Gasteiger partial charge in [0.2, 0.25) is 65.0 Å². The van der Waals surface area contributed by atoms with Gasteiger partial charge in [0.1, 0.15) is 60.1 Å². The number of hydrogen-bond acceptors (Lipinski definition) is 13. The lowest BCUT2D eigenvalue weighted by Gasteiger charge is -2.46. The Labute approximate surface area is 643 Å². The fraction of sp³-hybridized carbons (Fsp3) is 0.859. The Bertz CT molecular complexity index is 3170. The molecule has 0 radical (unpaired) electrons. The third-order valence-electron chi connectivity index (χ3n) is 25.9. The highest BCUT2D eigenvalue weighted by Gasteiger charge is 2.56. The quantitative estimate of drug-likeness (QED) is 0.148. The van der Waals surface area contributed by atoms with E-state index < -0.39 is 218 Å². The van der Waals surface area contributed by atoms with Crippen molar-refractivity contribution in [3.63, 3.8) is 0 Å². The van der Waals surface area contributed by atoms with Crippen molar-refractivity contribution in [1.82, 2.24) is 60.0 Å². The van der Waals surface area contributed by atoms with Gasteiger partial charge in [-0.15, -0.1) is 0 Å². The number of carbonyl (C=O) groups excluding carboxylic acids is 11. The Hall–Kier alpha value is -6.47. The second kappa shape index (κ2) is 39.0. The first-order chi connectivity index (χ1) is 51.8. The Morgan fingerprint density at radius 2 is 1.20 bits per heavy atom. The van der Waals surface area contributed by atoms with E-state index >= 15 is 42.3 Å². The smallest absolute Gasteiger partial charge is 0.377 e. The number of rotatable bonds is 13. The minimum absolute atomic E-state index is 0.0339. The average Bonchev–Trinajstić information content (AvgIpc) is 1.22. The first kappa shape index (κ1) is 89.1. The van der Waals surface area contributed by atoms with Gasteiger partial charge in [-0.25, -0.2) is 8.78 Å². The number of ether oxygens (including phenoxy) is 1. The lowest BCUT2D eigenvalue weighted by atomic mass is 9.74. The van der Waals surface area contributed by atoms with Crippen molar-refractivity contribution in [2.24, 2.45) is 41.4 Å². The van der Waals surface area contributed by atoms with Gasteiger partial charge in [-0.3, -0.25) is 52.7 Å². The highest BCUT2D eigenvalue weighted by Crippen LogP contribution is 2.46. The van der Waals surface area contributed by atoms with Gasteiger partial charge < -0.3 is 64.8 Å². The van der Waals surface area contributed by atoms with Crippen molar-refractivity contribution in [2.75, 3.05) is 95.7 Å². The van der Waals surface area contributed by atoms with E-state index in [1.807, 2.05) is 13.8 Å². The van der Waals surface area contributed by atoms with E-state index in [1.54, 1.807) is 18.9 Å². The molecule has 624 valence electrons. The van der Waals surface area contributed by atoms with E-state index in [4.69, 9.17) is 4.74 Å². The zero-order valence-corrected chi connectivity index (χ0v) is 66.6. The lowest BCUT2D eigenvalue weighted by Crippen LogP contribution is -2.68. The van der Waals surface area contributed by atoms with E-state index in [0.29, 0.717) is 64.2 Å². The van der Waals surface area contributed by atoms with E-state index in [2.05, 4.69) is 16.0 Å². The Morgan fingerprint density at radius 3 is 1.78 bits per heavy atom. The Balaban J connectivity index is 1.20. The zero-order chi connectivity index (χ0) is 81.0. The molecule has 3 saturated heterocycles. The number of hydrogen-bond donors (Lipinski definition) is 3. The van der Waals surface area contributed by atoms with Gasteiger partial charge in [-0.05, 0) is 146 Å². The van der Waals surface area contributed by atoms with E-state index in [9.17, 15) is 45.5 Å². The van der Waals surface area contributed by atoms with Gasteiger partial charge in [0.15, 0.2) is 0 Å². The van der Waals surface area contributed by atoms with Crippen LogP contribution in [0.15, 0.2) is 0 Å². The van der Waals surface area contributed by atoms with Crippen LogP contribution in [0.2, 0.25) is 0 Å². The van der Waals surface area contributed by atoms with Crippen LogP contribution in [0.3, 0.4) is 0 Å². The summed E-state index contributed by atoms with van der Waals surface area (Å²) in [6.07, 6.45) is -8.83. The normalized spacial score (nSPS) is 32.5. The zero-order valence-electron chi connectivity index (χ0n) is 66.6. The number of nitrogens with zero attached hydrogens (tertiary/aromatic N) is 9. The number of alkyl halides is 8. The molecule has 3 aliphatic heterocycles. The molecular weight excluding hydrogens is 1450 g/mol. The number of fused-ring (bicyclic) bond motifs is 3. The van der Waals surface area contributed by atoms with Gasteiger partial charge >= 0.3 is 12.4 Å². The molecule has 5 saturated carbocycles. The Kier molecular flexibility index (Phi) is 31.6. The standard InChI is InChI=1S/C78H124F8N12O12/c1-12-47(3)66-73(107)92(7)46-64(101)94(9)58-27-18-15-21-36-97(72(58)106)61(40-49-28-31-52(32-29-49)77(81,82)83)71(105)91(6)45-62(99)88-57(33-30-50-38-55(79)65(56(80)39-50)78(84,85)86)69(103)98-44-54(110-13-2)41-59(98)68(102)89-76(34-22-35-76)75(109)96(11)67(51-25-19-20-26-51)74(108)95(10)60(70(104)90(4)5)42-63(100)93(8)53(43-87-66)37-48-23-16-14-17-24-48/h47-61,65-67,87H,12-46H2,1-11H3,(H,88,99)(H,89,102)/t47-,49?,50?,52?,53-,54+,55?,56?,57-,58-,59-,60-,61-,65?,66-,67-/m0/s1. The predicted molar refractivity (Wildman–Crippen MR) is 393 cm³/mol. The summed E-state index contributed by atoms with van der Waals surface area (Å²) in [6.45, 7) is 4.04. The van der Waals surface area contributed by atoms with Crippen LogP contribution in [0.5, 0.6) is 0 Å². The fourth-order valence-corrected chi connectivity index (χ4v) is 18.7. The molecule has 32 heteroatoms. The lowest BCUT2D eigenvalue weighted by molar-refractivity contribution is -0.219. The summed E-state index contributed by atoms with van der Waals surface area (Å²) in [6, 6.07) is -9.79. The van der Waals surface area contributed by atoms with E-state index in [0.717, 1.165) is 41.9 Å². The van der Waals surface area contributed by atoms with E-state index in [1.165, 1.54) is 78.7 Å². The summed E-state index contributed by atoms with van der Waals surface area (Å²) >= 11 is 0. The van der Waals surface area contributed by atoms with Crippen molar-refractivity contribution in [3.8, 4) is 0 Å². The molecule has 0 aromatic carbocycles. The first-order valence-corrected chi connectivity index (χ1v) is 40.6. The summed E-state index contributed by atoms with van der Waals surface area (Å²) in [5.74, 6) is -14.3. The van der Waals surface area contributed by atoms with Crippen LogP contribution in [0.25, 0.3) is 0 Å². The summed E-state index contributed by atoms with van der Waals surface area (Å²) in [4.78, 5) is 179. The van der Waals surface area contributed by atoms with Crippen molar-refractivity contribution in [3.05, 3.63) is 0 Å². The van der Waals surface area contributed by atoms with Crippen LogP contribution in [-0.2, 0) is 57.5 Å². The van der Waals surface area contributed by atoms with Gasteiger partial charge in [-0.2, -0.15) is 26.3 Å². The first-order valence-electron chi connectivity index (χ1n) is 40.6. The number of carbonyl (C=O) groups is 11. The molecule has 12 atom stereocenters. The molecule has 2 unspecified atom stereocenters. The Morgan fingerprint density at radius 1 is 0.600 bits per heavy atom. The molecule has 2 bridgehead atoms. The van der Waals surface area contributed by atoms with Crippen LogP contribution in [0, 0.1) is 41.4 Å². The fourth-order valence-electron chi connectivity index (χ4n) is 18.7. The molecule has 11 amide bonds. The molecular formula is C78H124F8N12O12. The number of likely N-dealkylation sites (N-methyl/N-ethyl adjacent to an activating group) is 7. The van der Waals surface area contributed by atoms with Gasteiger partial charge in [0.25, 0.3) is 0 Å². The maximum absolute atomic E-state index is 15.6. The van der Waals surface area contributed by atoms with Crippen LogP contribution < -0.4 is 16.0 Å². The average molecular weight is 1570 g/mol. The second-order valence-corrected chi connectivity index (χ2v) is 33.7. The molecule has 8 fully saturated rings. The summed E-state index contributed by atoms with van der Waals surface area (Å²) in [5.41, 5.74) is -1.65. The molecule has 24 nitrogen and oxygen atoms in total. The van der Waals surface area contributed by atoms with Crippen LogP contribution >= 0.6 is 0 Å². The molecule has 1 spiro atoms. The van der Waals surface area contributed by atoms with Crippen LogP contribution in [-0.4, -0.2) is 289 Å². The highest BCUT2D eigenvalue weighted by atomic mass is 19.4. The van der Waals surface area contributed by atoms with Gasteiger partial charge in [0.05, 0.1) is 37.6 Å². The molecule has 5 aliphatic carbocycles. The van der Waals surface area contributed by atoms with Crippen LogP contribution in [0.1, 0.15) is 207 Å². The predicted octanol–water partition coefficient (Wildman–Crippen LogP) is 7.97. The highest BCUT2D eigenvalue weighted by molar-refractivity contribution is 6.00. The monoisotopic (exact) mass is 1570 g/mol. The molecule has 110 heavy (non-hydrogen) atoms. The molecule has 3 heterocycles. The van der Waals surface area contributed by atoms with Crippen molar-refractivity contribution in [2.45, 2.75) is 292 Å². The van der Waals surface area contributed by atoms with Gasteiger partial charge in [-0.1, -0.05) is 78.1 Å². The maximum atomic E-state index is 15.6. The molecule has 8 rings (SSSR count).